The van der Waals surface area contributed by atoms with Crippen LogP contribution in [-0.2, 0) is 10.9 Å². The molecule has 3 rings (SSSR count). The number of aromatic amines is 1. The first-order chi connectivity index (χ1) is 14.7. The van der Waals surface area contributed by atoms with Gasteiger partial charge in [-0.2, -0.15) is 13.2 Å². The lowest BCUT2D eigenvalue weighted by atomic mass is 9.96. The summed E-state index contributed by atoms with van der Waals surface area (Å²) in [4.78, 5) is 27.7. The molecule has 0 radical (unpaired) electrons. The van der Waals surface area contributed by atoms with Gasteiger partial charge in [0.1, 0.15) is 17.1 Å². The molecule has 0 unspecified atom stereocenters. The average molecular weight is 455 g/mol. The number of primary amides is 1. The largest absolute Gasteiger partial charge is 0.444 e. The number of carbonyl (C=O) groups is 2. The summed E-state index contributed by atoms with van der Waals surface area (Å²) in [5.41, 5.74) is 3.59. The number of aryl methyl sites for hydroxylation is 1. The highest BCUT2D eigenvalue weighted by Gasteiger charge is 2.36. The van der Waals surface area contributed by atoms with Crippen LogP contribution in [0, 0.1) is 12.7 Å². The van der Waals surface area contributed by atoms with Crippen molar-refractivity contribution in [2.45, 2.75) is 52.3 Å². The van der Waals surface area contributed by atoms with Gasteiger partial charge in [-0.1, -0.05) is 11.6 Å². The number of nitrogens with one attached hydrogen (secondary N) is 1. The maximum absolute atomic E-state index is 14.9. The van der Waals surface area contributed by atoms with Gasteiger partial charge in [0.25, 0.3) is 5.91 Å². The molecule has 0 atom stereocenters. The van der Waals surface area contributed by atoms with Gasteiger partial charge in [-0.15, -0.1) is 0 Å². The number of nitrogens with zero attached hydrogens (tertiary/aromatic N) is 1. The second kappa shape index (κ2) is 8.14. The molecule has 174 valence electrons. The minimum Gasteiger partial charge on any atom is -0.444 e. The van der Waals surface area contributed by atoms with Crippen molar-refractivity contribution in [1.29, 1.82) is 0 Å². The Morgan fingerprint density at radius 1 is 1.19 bits per heavy atom. The summed E-state index contributed by atoms with van der Waals surface area (Å²) in [6.45, 7) is 7.18. The van der Waals surface area contributed by atoms with Crippen molar-refractivity contribution >= 4 is 29.0 Å². The van der Waals surface area contributed by atoms with E-state index in [4.69, 9.17) is 10.5 Å². The molecule has 1 aromatic carbocycles. The SMILES string of the molecule is Cc1c(C(F)(F)F)[nH]c2c(C(N)=O)cc(F)c(C=C3CCN(C(=O)OC(C)(C)C)CC3)c12. The number of benzene rings is 1. The van der Waals surface area contributed by atoms with Crippen molar-refractivity contribution in [3.8, 4) is 0 Å². The number of hydrogen-bond acceptors (Lipinski definition) is 3. The normalized spacial score (nSPS) is 15.2. The topological polar surface area (TPSA) is 88.4 Å². The van der Waals surface area contributed by atoms with Crippen LogP contribution >= 0.6 is 0 Å². The molecule has 1 fully saturated rings. The molecule has 32 heavy (non-hydrogen) atoms. The van der Waals surface area contributed by atoms with Gasteiger partial charge in [0.05, 0.1) is 11.1 Å². The quantitative estimate of drug-likeness (QED) is 0.614. The van der Waals surface area contributed by atoms with E-state index in [1.165, 1.54) is 17.9 Å². The van der Waals surface area contributed by atoms with Crippen LogP contribution in [0.2, 0.25) is 0 Å². The van der Waals surface area contributed by atoms with Crippen LogP contribution in [0.15, 0.2) is 11.6 Å². The van der Waals surface area contributed by atoms with Gasteiger partial charge >= 0.3 is 12.3 Å². The van der Waals surface area contributed by atoms with Crippen LogP contribution in [0.25, 0.3) is 17.0 Å². The summed E-state index contributed by atoms with van der Waals surface area (Å²) in [6.07, 6.45) is -2.85. The Hall–Kier alpha value is -3.04. The number of fused-ring (bicyclic) bond motifs is 1. The van der Waals surface area contributed by atoms with Crippen LogP contribution in [0.5, 0.6) is 0 Å². The van der Waals surface area contributed by atoms with Gasteiger partial charge in [0.15, 0.2) is 0 Å². The minimum atomic E-state index is -4.71. The Morgan fingerprint density at radius 2 is 1.78 bits per heavy atom. The van der Waals surface area contributed by atoms with Gasteiger partial charge in [-0.25, -0.2) is 9.18 Å². The third-order valence-electron chi connectivity index (χ3n) is 5.27. The number of hydrogen-bond donors (Lipinski definition) is 2. The third kappa shape index (κ3) is 4.73. The van der Waals surface area contributed by atoms with Crippen molar-refractivity contribution in [1.82, 2.24) is 9.88 Å². The van der Waals surface area contributed by atoms with E-state index in [0.29, 0.717) is 25.9 Å². The first kappa shape index (κ1) is 23.6. The maximum atomic E-state index is 14.9. The molecule has 1 aliphatic heterocycles. The van der Waals surface area contributed by atoms with Gasteiger partial charge in [-0.05, 0) is 52.2 Å². The molecule has 0 spiro atoms. The standard InChI is InChI=1S/C22H25F4N3O3/c1-11-16-13(9-12-5-7-29(8-6-12)20(31)32-21(2,3)4)15(23)10-14(19(27)30)17(16)28-18(11)22(24,25)26/h9-10,28H,5-8H2,1-4H3,(H2,27,30). The predicted molar refractivity (Wildman–Crippen MR) is 112 cm³/mol. The Labute approximate surface area is 182 Å². The molecule has 3 N–H and O–H groups in total. The Bertz CT molecular complexity index is 1100. The van der Waals surface area contributed by atoms with E-state index in [-0.39, 0.29) is 27.6 Å². The number of aromatic nitrogens is 1. The number of H-pyrrole nitrogens is 1. The third-order valence-corrected chi connectivity index (χ3v) is 5.27. The first-order valence-corrected chi connectivity index (χ1v) is 10.1. The van der Waals surface area contributed by atoms with E-state index in [9.17, 15) is 27.2 Å². The Kier molecular flexibility index (Phi) is 6.01. The number of amides is 2. The monoisotopic (exact) mass is 455 g/mol. The van der Waals surface area contributed by atoms with Crippen LogP contribution in [0.1, 0.15) is 60.8 Å². The summed E-state index contributed by atoms with van der Waals surface area (Å²) in [7, 11) is 0. The smallest absolute Gasteiger partial charge is 0.431 e. The summed E-state index contributed by atoms with van der Waals surface area (Å²) in [6, 6.07) is 0.850. The zero-order valence-corrected chi connectivity index (χ0v) is 18.2. The number of piperidine rings is 1. The molecule has 10 heteroatoms. The lowest BCUT2D eigenvalue weighted by Gasteiger charge is -2.31. The van der Waals surface area contributed by atoms with E-state index in [2.05, 4.69) is 4.98 Å². The Balaban J connectivity index is 2.00. The molecule has 0 saturated carbocycles. The van der Waals surface area contributed by atoms with E-state index < -0.39 is 35.3 Å². The van der Waals surface area contributed by atoms with Gasteiger partial charge in [0, 0.05) is 24.0 Å². The number of carbonyl (C=O) groups excluding carboxylic acids is 2. The minimum absolute atomic E-state index is 0.0341. The van der Waals surface area contributed by atoms with Crippen LogP contribution in [-0.4, -0.2) is 40.6 Å². The molecular formula is C22H25F4N3O3. The van der Waals surface area contributed by atoms with E-state index in [0.717, 1.165) is 11.6 Å². The van der Waals surface area contributed by atoms with Crippen molar-refractivity contribution in [2.24, 2.45) is 5.73 Å². The van der Waals surface area contributed by atoms with Gasteiger partial charge < -0.3 is 20.4 Å². The van der Waals surface area contributed by atoms with E-state index in [1.54, 1.807) is 20.8 Å². The van der Waals surface area contributed by atoms with E-state index in [1.807, 2.05) is 0 Å². The number of ether oxygens (including phenoxy) is 1. The Morgan fingerprint density at radius 3 is 2.28 bits per heavy atom. The van der Waals surface area contributed by atoms with Crippen molar-refractivity contribution in [3.63, 3.8) is 0 Å². The van der Waals surface area contributed by atoms with Crippen LogP contribution in [0.3, 0.4) is 0 Å². The van der Waals surface area contributed by atoms with Crippen molar-refractivity contribution in [2.75, 3.05) is 13.1 Å². The molecule has 2 heterocycles. The molecule has 1 aromatic heterocycles. The second-order valence-electron chi connectivity index (χ2n) is 8.83. The fourth-order valence-corrected chi connectivity index (χ4v) is 3.80. The molecule has 0 aliphatic carbocycles. The predicted octanol–water partition coefficient (Wildman–Crippen LogP) is 5.15. The fraction of sp³-hybridized carbons (Fsp3) is 0.455. The van der Waals surface area contributed by atoms with Gasteiger partial charge in [0.2, 0.25) is 0 Å². The molecular weight excluding hydrogens is 430 g/mol. The lowest BCUT2D eigenvalue weighted by molar-refractivity contribution is -0.141. The summed E-state index contributed by atoms with van der Waals surface area (Å²) >= 11 is 0. The molecule has 1 aliphatic rings. The molecule has 2 amide bonds. The van der Waals surface area contributed by atoms with Crippen molar-refractivity contribution in [3.05, 3.63) is 39.8 Å². The lowest BCUT2D eigenvalue weighted by Crippen LogP contribution is -2.40. The second-order valence-corrected chi connectivity index (χ2v) is 8.83. The number of likely N-dealkylation sites (tertiary alicyclic amines) is 1. The molecule has 2 aromatic rings. The highest BCUT2D eigenvalue weighted by atomic mass is 19.4. The van der Waals surface area contributed by atoms with Crippen LogP contribution in [0.4, 0.5) is 22.4 Å². The maximum Gasteiger partial charge on any atom is 0.431 e. The summed E-state index contributed by atoms with van der Waals surface area (Å²) < 4.78 is 60.6. The number of rotatable bonds is 2. The number of halogens is 4. The van der Waals surface area contributed by atoms with Crippen molar-refractivity contribution < 1.29 is 31.9 Å². The average Bonchev–Trinajstić information content (AvgIpc) is 3.00. The highest BCUT2D eigenvalue weighted by Crippen LogP contribution is 2.39. The van der Waals surface area contributed by atoms with E-state index >= 15 is 0 Å². The summed E-state index contributed by atoms with van der Waals surface area (Å²) in [5, 5.41) is -0.0341. The molecule has 6 nitrogen and oxygen atoms in total. The highest BCUT2D eigenvalue weighted by molar-refractivity contribution is 6.08. The van der Waals surface area contributed by atoms with Gasteiger partial charge in [-0.3, -0.25) is 4.79 Å². The molecule has 1 saturated heterocycles. The summed E-state index contributed by atoms with van der Waals surface area (Å²) in [5.74, 6) is -1.88. The number of nitrogens with two attached hydrogens (primary N) is 1. The first-order valence-electron chi connectivity index (χ1n) is 10.1. The zero-order chi connectivity index (χ0) is 24.0. The molecule has 0 bridgehead atoms. The van der Waals surface area contributed by atoms with Crippen LogP contribution < -0.4 is 5.73 Å². The zero-order valence-electron chi connectivity index (χ0n) is 18.2. The number of alkyl halides is 3. The fourth-order valence-electron chi connectivity index (χ4n) is 3.80.